The van der Waals surface area contributed by atoms with Crippen molar-refractivity contribution in [3.05, 3.63) is 30.5 Å². The van der Waals surface area contributed by atoms with Crippen LogP contribution in [0.2, 0.25) is 0 Å². The number of carboxylic acids is 1. The second-order valence-corrected chi connectivity index (χ2v) is 7.06. The molecule has 1 aromatic heterocycles. The minimum atomic E-state index is -3.68. The van der Waals surface area contributed by atoms with Gasteiger partial charge in [0, 0.05) is 30.2 Å². The molecule has 0 bridgehead atoms. The normalized spacial score (nSPS) is 20.3. The third-order valence-electron chi connectivity index (χ3n) is 3.67. The SMILES string of the molecule is O=C(O)CC1CN(S(=O)(=O)c2c[nH]c3ccccc23)CCO1. The van der Waals surface area contributed by atoms with Gasteiger partial charge in [0.25, 0.3) is 0 Å². The van der Waals surface area contributed by atoms with E-state index in [1.54, 1.807) is 18.2 Å². The summed E-state index contributed by atoms with van der Waals surface area (Å²) in [6.45, 7) is 0.464. The highest BCUT2D eigenvalue weighted by Crippen LogP contribution is 2.26. The third-order valence-corrected chi connectivity index (χ3v) is 5.58. The Morgan fingerprint density at radius 2 is 2.18 bits per heavy atom. The van der Waals surface area contributed by atoms with Gasteiger partial charge in [-0.25, -0.2) is 8.42 Å². The van der Waals surface area contributed by atoms with Gasteiger partial charge in [0.2, 0.25) is 10.0 Å². The summed E-state index contributed by atoms with van der Waals surface area (Å²) < 4.78 is 32.2. The van der Waals surface area contributed by atoms with Crippen LogP contribution in [0.4, 0.5) is 0 Å². The lowest BCUT2D eigenvalue weighted by molar-refractivity contribution is -0.141. The molecule has 118 valence electrons. The number of ether oxygens (including phenoxy) is 1. The average Bonchev–Trinajstić information content (AvgIpc) is 2.91. The fraction of sp³-hybridized carbons (Fsp3) is 0.357. The zero-order chi connectivity index (χ0) is 15.7. The van der Waals surface area contributed by atoms with Crippen molar-refractivity contribution in [1.82, 2.24) is 9.29 Å². The van der Waals surface area contributed by atoms with Crippen LogP contribution < -0.4 is 0 Å². The highest BCUT2D eigenvalue weighted by Gasteiger charge is 2.33. The van der Waals surface area contributed by atoms with Crippen LogP contribution in [0.1, 0.15) is 6.42 Å². The second kappa shape index (κ2) is 5.71. The molecule has 1 aliphatic heterocycles. The summed E-state index contributed by atoms with van der Waals surface area (Å²) in [5.74, 6) is -1.00. The lowest BCUT2D eigenvalue weighted by Gasteiger charge is -2.31. The number of H-pyrrole nitrogens is 1. The Kier molecular flexibility index (Phi) is 3.90. The van der Waals surface area contributed by atoms with Gasteiger partial charge < -0.3 is 14.8 Å². The topological polar surface area (TPSA) is 99.7 Å². The maximum Gasteiger partial charge on any atom is 0.306 e. The predicted octanol–water partition coefficient (Wildman–Crippen LogP) is 1.03. The number of benzene rings is 1. The van der Waals surface area contributed by atoms with Crippen LogP contribution in [0.15, 0.2) is 35.4 Å². The van der Waals surface area contributed by atoms with Crippen molar-refractivity contribution in [3.63, 3.8) is 0 Å². The van der Waals surface area contributed by atoms with Crippen molar-refractivity contribution in [3.8, 4) is 0 Å². The monoisotopic (exact) mass is 324 g/mol. The zero-order valence-electron chi connectivity index (χ0n) is 11.7. The Balaban J connectivity index is 1.90. The van der Waals surface area contributed by atoms with Crippen LogP contribution in [-0.2, 0) is 19.6 Å². The van der Waals surface area contributed by atoms with Gasteiger partial charge in [0.15, 0.2) is 0 Å². The molecule has 1 atom stereocenters. The number of hydrogen-bond donors (Lipinski definition) is 2. The van der Waals surface area contributed by atoms with Gasteiger partial charge in [-0.15, -0.1) is 0 Å². The molecule has 1 aliphatic rings. The predicted molar refractivity (Wildman–Crippen MR) is 79.1 cm³/mol. The molecule has 1 saturated heterocycles. The molecule has 2 aromatic rings. The molecular formula is C14H16N2O5S. The first-order valence-corrected chi connectivity index (χ1v) is 8.32. The van der Waals surface area contributed by atoms with Gasteiger partial charge >= 0.3 is 5.97 Å². The van der Waals surface area contributed by atoms with Crippen molar-refractivity contribution in [2.24, 2.45) is 0 Å². The molecule has 8 heteroatoms. The fourth-order valence-electron chi connectivity index (χ4n) is 2.63. The van der Waals surface area contributed by atoms with Gasteiger partial charge in [-0.2, -0.15) is 4.31 Å². The number of morpholine rings is 1. The van der Waals surface area contributed by atoms with Crippen LogP contribution in [0.3, 0.4) is 0 Å². The maximum atomic E-state index is 12.8. The van der Waals surface area contributed by atoms with Gasteiger partial charge in [-0.05, 0) is 6.07 Å². The van der Waals surface area contributed by atoms with Crippen LogP contribution >= 0.6 is 0 Å². The summed E-state index contributed by atoms with van der Waals surface area (Å²) in [6.07, 6.45) is 0.646. The van der Waals surface area contributed by atoms with Crippen molar-refractivity contribution in [1.29, 1.82) is 0 Å². The van der Waals surface area contributed by atoms with Crippen molar-refractivity contribution in [2.75, 3.05) is 19.7 Å². The number of aliphatic carboxylic acids is 1. The molecule has 7 nitrogen and oxygen atoms in total. The number of hydrogen-bond acceptors (Lipinski definition) is 4. The number of carbonyl (C=O) groups is 1. The highest BCUT2D eigenvalue weighted by atomic mass is 32.2. The Morgan fingerprint density at radius 3 is 2.95 bits per heavy atom. The van der Waals surface area contributed by atoms with Crippen LogP contribution in [-0.4, -0.2) is 54.6 Å². The van der Waals surface area contributed by atoms with E-state index in [1.165, 1.54) is 10.5 Å². The molecule has 2 heterocycles. The van der Waals surface area contributed by atoms with Gasteiger partial charge in [0.05, 0.1) is 19.1 Å². The molecule has 1 aromatic carbocycles. The molecule has 1 fully saturated rings. The standard InChI is InChI=1S/C14H16N2O5S/c17-14(18)7-10-9-16(5-6-21-10)22(19,20)13-8-15-12-4-2-1-3-11(12)13/h1-4,8,10,15H,5-7,9H2,(H,17,18). The summed E-state index contributed by atoms with van der Waals surface area (Å²) in [7, 11) is -3.68. The maximum absolute atomic E-state index is 12.8. The average molecular weight is 324 g/mol. The van der Waals surface area contributed by atoms with Gasteiger partial charge in [-0.1, -0.05) is 18.2 Å². The van der Waals surface area contributed by atoms with E-state index in [1.807, 2.05) is 6.07 Å². The summed E-state index contributed by atoms with van der Waals surface area (Å²) in [5.41, 5.74) is 0.747. The number of aromatic nitrogens is 1. The molecule has 0 aliphatic carbocycles. The number of nitrogens with one attached hydrogen (secondary N) is 1. The van der Waals surface area contributed by atoms with E-state index in [0.717, 1.165) is 5.52 Å². The summed E-state index contributed by atoms with van der Waals surface area (Å²) in [4.78, 5) is 13.9. The number of fused-ring (bicyclic) bond motifs is 1. The Bertz CT molecular complexity index is 798. The van der Waals surface area contributed by atoms with Gasteiger partial charge in [-0.3, -0.25) is 4.79 Å². The van der Waals surface area contributed by atoms with E-state index in [9.17, 15) is 13.2 Å². The summed E-state index contributed by atoms with van der Waals surface area (Å²) in [6, 6.07) is 7.16. The smallest absolute Gasteiger partial charge is 0.306 e. The summed E-state index contributed by atoms with van der Waals surface area (Å²) in [5, 5.41) is 9.46. The largest absolute Gasteiger partial charge is 0.481 e. The van der Waals surface area contributed by atoms with Crippen molar-refractivity contribution < 1.29 is 23.1 Å². The number of rotatable bonds is 4. The molecule has 0 spiro atoms. The lowest BCUT2D eigenvalue weighted by atomic mass is 10.2. The van der Waals surface area contributed by atoms with E-state index >= 15 is 0 Å². The van der Waals surface area contributed by atoms with E-state index in [2.05, 4.69) is 4.98 Å². The minimum absolute atomic E-state index is 0.0497. The minimum Gasteiger partial charge on any atom is -0.481 e. The number of carboxylic acid groups (broad SMARTS) is 1. The molecule has 2 N–H and O–H groups in total. The number of aromatic amines is 1. The van der Waals surface area contributed by atoms with E-state index in [-0.39, 0.29) is 31.0 Å². The molecule has 0 amide bonds. The first-order chi connectivity index (χ1) is 10.5. The molecular weight excluding hydrogens is 308 g/mol. The Morgan fingerprint density at radius 1 is 1.41 bits per heavy atom. The first kappa shape index (κ1) is 15.0. The van der Waals surface area contributed by atoms with E-state index in [4.69, 9.17) is 9.84 Å². The first-order valence-electron chi connectivity index (χ1n) is 6.88. The Labute approximate surface area is 127 Å². The van der Waals surface area contributed by atoms with Crippen LogP contribution in [0.5, 0.6) is 0 Å². The lowest BCUT2D eigenvalue weighted by Crippen LogP contribution is -2.46. The second-order valence-electron chi connectivity index (χ2n) is 5.15. The van der Waals surface area contributed by atoms with E-state index in [0.29, 0.717) is 5.39 Å². The number of para-hydroxylation sites is 1. The molecule has 3 rings (SSSR count). The highest BCUT2D eigenvalue weighted by molar-refractivity contribution is 7.89. The third kappa shape index (κ3) is 2.72. The van der Waals surface area contributed by atoms with Gasteiger partial charge in [0.1, 0.15) is 4.90 Å². The van der Waals surface area contributed by atoms with Crippen LogP contribution in [0, 0.1) is 0 Å². The molecule has 0 radical (unpaired) electrons. The number of sulfonamides is 1. The van der Waals surface area contributed by atoms with Crippen molar-refractivity contribution >= 4 is 26.9 Å². The van der Waals surface area contributed by atoms with Crippen molar-refractivity contribution in [2.45, 2.75) is 17.4 Å². The zero-order valence-corrected chi connectivity index (χ0v) is 12.5. The quantitative estimate of drug-likeness (QED) is 0.875. The fourth-order valence-corrected chi connectivity index (χ4v) is 4.25. The molecule has 0 saturated carbocycles. The van der Waals surface area contributed by atoms with Crippen LogP contribution in [0.25, 0.3) is 10.9 Å². The Hall–Kier alpha value is -1.90. The molecule has 1 unspecified atom stereocenters. The van der Waals surface area contributed by atoms with E-state index < -0.39 is 22.1 Å². The number of nitrogens with zero attached hydrogens (tertiary/aromatic N) is 1. The molecule has 22 heavy (non-hydrogen) atoms. The summed E-state index contributed by atoms with van der Waals surface area (Å²) >= 11 is 0.